The van der Waals surface area contributed by atoms with Gasteiger partial charge in [-0.2, -0.15) is 4.98 Å². The Labute approximate surface area is 119 Å². The van der Waals surface area contributed by atoms with Crippen LogP contribution < -0.4 is 0 Å². The summed E-state index contributed by atoms with van der Waals surface area (Å²) in [6, 6.07) is 7.03. The van der Waals surface area contributed by atoms with Gasteiger partial charge in [-0.1, -0.05) is 31.1 Å². The van der Waals surface area contributed by atoms with Crippen molar-refractivity contribution in [3.05, 3.63) is 41.5 Å². The molecule has 2 aromatic rings. The van der Waals surface area contributed by atoms with Gasteiger partial charge in [-0.15, -0.1) is 0 Å². The van der Waals surface area contributed by atoms with Crippen molar-refractivity contribution in [3.63, 3.8) is 0 Å². The number of phenolic OH excluding ortho intramolecular Hbond substituents is 1. The molecule has 1 aromatic heterocycles. The highest BCUT2D eigenvalue weighted by molar-refractivity contribution is 5.27. The topological polar surface area (TPSA) is 62.4 Å². The van der Waals surface area contributed by atoms with Crippen molar-refractivity contribution in [1.82, 2.24) is 15.0 Å². The van der Waals surface area contributed by atoms with Gasteiger partial charge in [0.1, 0.15) is 5.75 Å². The van der Waals surface area contributed by atoms with E-state index in [4.69, 9.17) is 4.52 Å². The van der Waals surface area contributed by atoms with E-state index in [0.717, 1.165) is 37.4 Å². The van der Waals surface area contributed by atoms with Gasteiger partial charge in [0.05, 0.1) is 6.42 Å². The zero-order valence-corrected chi connectivity index (χ0v) is 12.0. The number of rotatable bonds is 7. The Hall–Kier alpha value is -1.88. The Balaban J connectivity index is 1.90. The lowest BCUT2D eigenvalue weighted by atomic mass is 10.1. The molecule has 0 spiro atoms. The van der Waals surface area contributed by atoms with E-state index in [2.05, 4.69) is 28.9 Å². The third kappa shape index (κ3) is 4.06. The lowest BCUT2D eigenvalue weighted by Crippen LogP contribution is -2.25. The third-order valence-electron chi connectivity index (χ3n) is 3.35. The minimum Gasteiger partial charge on any atom is -0.508 e. The van der Waals surface area contributed by atoms with Gasteiger partial charge < -0.3 is 14.5 Å². The number of hydrogen-bond acceptors (Lipinski definition) is 5. The normalized spacial score (nSPS) is 11.2. The van der Waals surface area contributed by atoms with E-state index in [1.165, 1.54) is 0 Å². The summed E-state index contributed by atoms with van der Waals surface area (Å²) in [5, 5.41) is 13.2. The van der Waals surface area contributed by atoms with Crippen LogP contribution in [0.25, 0.3) is 0 Å². The van der Waals surface area contributed by atoms with Gasteiger partial charge in [0.2, 0.25) is 5.89 Å². The Bertz CT molecular complexity index is 518. The summed E-state index contributed by atoms with van der Waals surface area (Å²) in [7, 11) is 0. The molecule has 0 aliphatic rings. The second-order valence-electron chi connectivity index (χ2n) is 4.72. The highest BCUT2D eigenvalue weighted by Crippen LogP contribution is 2.13. The third-order valence-corrected chi connectivity index (χ3v) is 3.35. The molecule has 108 valence electrons. The Morgan fingerprint density at radius 3 is 2.50 bits per heavy atom. The van der Waals surface area contributed by atoms with Crippen LogP contribution >= 0.6 is 0 Å². The van der Waals surface area contributed by atoms with Crippen LogP contribution in [-0.4, -0.2) is 39.8 Å². The summed E-state index contributed by atoms with van der Waals surface area (Å²) in [5.74, 6) is 1.63. The molecule has 5 heteroatoms. The summed E-state index contributed by atoms with van der Waals surface area (Å²) < 4.78 is 5.26. The van der Waals surface area contributed by atoms with Crippen LogP contribution in [-0.2, 0) is 12.8 Å². The molecule has 20 heavy (non-hydrogen) atoms. The van der Waals surface area contributed by atoms with Gasteiger partial charge in [0.25, 0.3) is 0 Å². The first-order chi connectivity index (χ1) is 9.71. The van der Waals surface area contributed by atoms with E-state index >= 15 is 0 Å². The molecule has 0 saturated heterocycles. The van der Waals surface area contributed by atoms with Crippen molar-refractivity contribution in [2.24, 2.45) is 0 Å². The van der Waals surface area contributed by atoms with Crippen molar-refractivity contribution < 1.29 is 9.63 Å². The molecule has 0 fully saturated rings. The molecule has 0 amide bonds. The first kappa shape index (κ1) is 14.5. The summed E-state index contributed by atoms with van der Waals surface area (Å²) >= 11 is 0. The Morgan fingerprint density at radius 1 is 1.15 bits per heavy atom. The fourth-order valence-electron chi connectivity index (χ4n) is 2.05. The molecular formula is C15H21N3O2. The zero-order valence-electron chi connectivity index (χ0n) is 12.0. The second kappa shape index (κ2) is 7.05. The first-order valence-electron chi connectivity index (χ1n) is 7.03. The minimum atomic E-state index is 0.263. The van der Waals surface area contributed by atoms with Crippen LogP contribution in [0.4, 0.5) is 0 Å². The standard InChI is InChI=1S/C15H21N3O2/c1-3-18(4-2)10-9-14-16-15(20-17-14)11-12-5-7-13(19)8-6-12/h5-8,19H,3-4,9-11H2,1-2H3. The van der Waals surface area contributed by atoms with Crippen molar-refractivity contribution >= 4 is 0 Å². The molecule has 0 aliphatic heterocycles. The average Bonchev–Trinajstić information content (AvgIpc) is 2.90. The molecule has 1 aromatic carbocycles. The smallest absolute Gasteiger partial charge is 0.231 e. The number of hydrogen-bond donors (Lipinski definition) is 1. The molecule has 0 bridgehead atoms. The molecule has 0 atom stereocenters. The Kier molecular flexibility index (Phi) is 5.12. The number of likely N-dealkylation sites (N-methyl/N-ethyl adjacent to an activating group) is 1. The number of aromatic nitrogens is 2. The van der Waals surface area contributed by atoms with Crippen LogP contribution in [0.1, 0.15) is 31.1 Å². The minimum absolute atomic E-state index is 0.263. The van der Waals surface area contributed by atoms with E-state index in [1.54, 1.807) is 12.1 Å². The number of aromatic hydroxyl groups is 1. The molecule has 5 nitrogen and oxygen atoms in total. The zero-order chi connectivity index (χ0) is 14.4. The summed E-state index contributed by atoms with van der Waals surface area (Å²) in [6.45, 7) is 7.32. The van der Waals surface area contributed by atoms with E-state index in [9.17, 15) is 5.11 Å². The lowest BCUT2D eigenvalue weighted by molar-refractivity contribution is 0.302. The molecule has 1 N–H and O–H groups in total. The van der Waals surface area contributed by atoms with E-state index < -0.39 is 0 Å². The van der Waals surface area contributed by atoms with Gasteiger partial charge in [-0.3, -0.25) is 0 Å². The average molecular weight is 275 g/mol. The van der Waals surface area contributed by atoms with E-state index in [0.29, 0.717) is 12.3 Å². The van der Waals surface area contributed by atoms with Crippen LogP contribution in [0.3, 0.4) is 0 Å². The maximum Gasteiger partial charge on any atom is 0.231 e. The van der Waals surface area contributed by atoms with Crippen molar-refractivity contribution in [1.29, 1.82) is 0 Å². The van der Waals surface area contributed by atoms with Crippen molar-refractivity contribution in [2.45, 2.75) is 26.7 Å². The Morgan fingerprint density at radius 2 is 1.85 bits per heavy atom. The SMILES string of the molecule is CCN(CC)CCc1noc(Cc2ccc(O)cc2)n1. The predicted molar refractivity (Wildman–Crippen MR) is 76.7 cm³/mol. The van der Waals surface area contributed by atoms with Crippen LogP contribution in [0, 0.1) is 0 Å². The molecule has 0 saturated carbocycles. The van der Waals surface area contributed by atoms with E-state index in [1.807, 2.05) is 12.1 Å². The summed E-state index contributed by atoms with van der Waals surface area (Å²) in [4.78, 5) is 6.73. The fourth-order valence-corrected chi connectivity index (χ4v) is 2.05. The molecular weight excluding hydrogens is 254 g/mol. The fraction of sp³-hybridized carbons (Fsp3) is 0.467. The summed E-state index contributed by atoms with van der Waals surface area (Å²) in [6.07, 6.45) is 1.40. The van der Waals surface area contributed by atoms with Gasteiger partial charge in [-0.25, -0.2) is 0 Å². The van der Waals surface area contributed by atoms with Gasteiger partial charge in [0.15, 0.2) is 5.82 Å². The van der Waals surface area contributed by atoms with Crippen molar-refractivity contribution in [2.75, 3.05) is 19.6 Å². The van der Waals surface area contributed by atoms with Gasteiger partial charge in [-0.05, 0) is 30.8 Å². The number of phenols is 1. The maximum absolute atomic E-state index is 9.24. The molecule has 0 aliphatic carbocycles. The van der Waals surface area contributed by atoms with Crippen LogP contribution in [0.5, 0.6) is 5.75 Å². The summed E-state index contributed by atoms with van der Waals surface area (Å²) in [5.41, 5.74) is 1.04. The molecule has 0 unspecified atom stereocenters. The van der Waals surface area contributed by atoms with Crippen molar-refractivity contribution in [3.8, 4) is 5.75 Å². The largest absolute Gasteiger partial charge is 0.508 e. The van der Waals surface area contributed by atoms with E-state index in [-0.39, 0.29) is 5.75 Å². The molecule has 2 rings (SSSR count). The van der Waals surface area contributed by atoms with Gasteiger partial charge >= 0.3 is 0 Å². The second-order valence-corrected chi connectivity index (χ2v) is 4.72. The molecule has 1 heterocycles. The van der Waals surface area contributed by atoms with Crippen LogP contribution in [0.2, 0.25) is 0 Å². The maximum atomic E-state index is 9.24. The number of benzene rings is 1. The highest BCUT2D eigenvalue weighted by atomic mass is 16.5. The first-order valence-corrected chi connectivity index (χ1v) is 7.03. The lowest BCUT2D eigenvalue weighted by Gasteiger charge is -2.16. The monoisotopic (exact) mass is 275 g/mol. The highest BCUT2D eigenvalue weighted by Gasteiger charge is 2.08. The quantitative estimate of drug-likeness (QED) is 0.839. The molecule has 0 radical (unpaired) electrons. The predicted octanol–water partition coefficient (Wildman–Crippen LogP) is 2.25. The van der Waals surface area contributed by atoms with Gasteiger partial charge in [0, 0.05) is 13.0 Å². The van der Waals surface area contributed by atoms with Crippen LogP contribution in [0.15, 0.2) is 28.8 Å². The number of nitrogens with zero attached hydrogens (tertiary/aromatic N) is 3.